The van der Waals surface area contributed by atoms with Crippen LogP contribution in [0.2, 0.25) is 0 Å². The van der Waals surface area contributed by atoms with Gasteiger partial charge in [0.25, 0.3) is 0 Å². The SMILES string of the molecule is CC(=O)N[C@@H](Cc1ccccc1)C(=O)N[C@@H](CCCC#N)C(=O)O. The summed E-state index contributed by atoms with van der Waals surface area (Å²) in [5.41, 5.74) is 0.850. The van der Waals surface area contributed by atoms with Crippen LogP contribution in [0.1, 0.15) is 31.7 Å². The van der Waals surface area contributed by atoms with Crippen LogP contribution >= 0.6 is 0 Å². The van der Waals surface area contributed by atoms with E-state index in [1.165, 1.54) is 6.92 Å². The van der Waals surface area contributed by atoms with E-state index in [0.717, 1.165) is 5.56 Å². The molecule has 2 atom stereocenters. The Morgan fingerprint density at radius 1 is 1.17 bits per heavy atom. The second-order valence-corrected chi connectivity index (χ2v) is 5.39. The van der Waals surface area contributed by atoms with Crippen molar-refractivity contribution >= 4 is 17.8 Å². The molecule has 1 aromatic carbocycles. The molecule has 128 valence electrons. The van der Waals surface area contributed by atoms with Crippen LogP contribution in [-0.4, -0.2) is 35.0 Å². The minimum Gasteiger partial charge on any atom is -0.480 e. The van der Waals surface area contributed by atoms with Gasteiger partial charge in [0.05, 0.1) is 6.07 Å². The van der Waals surface area contributed by atoms with Gasteiger partial charge >= 0.3 is 5.97 Å². The summed E-state index contributed by atoms with van der Waals surface area (Å²) in [4.78, 5) is 35.0. The number of carbonyl (C=O) groups excluding carboxylic acids is 2. The van der Waals surface area contributed by atoms with Crippen LogP contribution in [-0.2, 0) is 20.8 Å². The van der Waals surface area contributed by atoms with Crippen molar-refractivity contribution in [3.63, 3.8) is 0 Å². The smallest absolute Gasteiger partial charge is 0.326 e. The van der Waals surface area contributed by atoms with Crippen LogP contribution in [0.3, 0.4) is 0 Å². The molecule has 0 bridgehead atoms. The Balaban J connectivity index is 2.76. The maximum atomic E-state index is 12.4. The lowest BCUT2D eigenvalue weighted by Gasteiger charge is -2.21. The molecular formula is C17H21N3O4. The highest BCUT2D eigenvalue weighted by Gasteiger charge is 2.25. The summed E-state index contributed by atoms with van der Waals surface area (Å²) >= 11 is 0. The van der Waals surface area contributed by atoms with Crippen molar-refractivity contribution in [1.29, 1.82) is 5.26 Å². The molecule has 0 spiro atoms. The fraction of sp³-hybridized carbons (Fsp3) is 0.412. The first-order valence-corrected chi connectivity index (χ1v) is 7.65. The Kier molecular flexibility index (Phi) is 7.99. The molecule has 0 radical (unpaired) electrons. The molecule has 0 aliphatic rings. The lowest BCUT2D eigenvalue weighted by atomic mass is 10.0. The first kappa shape index (κ1) is 19.2. The van der Waals surface area contributed by atoms with E-state index in [4.69, 9.17) is 5.26 Å². The summed E-state index contributed by atoms with van der Waals surface area (Å²) in [6.45, 7) is 1.30. The Bertz CT molecular complexity index is 610. The molecular weight excluding hydrogens is 310 g/mol. The average molecular weight is 331 g/mol. The summed E-state index contributed by atoms with van der Waals surface area (Å²) in [5, 5.41) is 22.7. The normalized spacial score (nSPS) is 12.5. The van der Waals surface area contributed by atoms with Crippen LogP contribution in [0, 0.1) is 11.3 Å². The van der Waals surface area contributed by atoms with Crippen molar-refractivity contribution in [2.24, 2.45) is 0 Å². The van der Waals surface area contributed by atoms with Crippen LogP contribution in [0.15, 0.2) is 30.3 Å². The third kappa shape index (κ3) is 6.92. The third-order valence-electron chi connectivity index (χ3n) is 3.37. The number of hydrogen-bond donors (Lipinski definition) is 3. The lowest BCUT2D eigenvalue weighted by molar-refractivity contribution is -0.142. The van der Waals surface area contributed by atoms with Crippen molar-refractivity contribution in [2.75, 3.05) is 0 Å². The zero-order valence-corrected chi connectivity index (χ0v) is 13.5. The average Bonchev–Trinajstić information content (AvgIpc) is 2.53. The molecule has 0 saturated heterocycles. The predicted octanol–water partition coefficient (Wildman–Crippen LogP) is 0.997. The van der Waals surface area contributed by atoms with Crippen molar-refractivity contribution in [2.45, 2.75) is 44.7 Å². The van der Waals surface area contributed by atoms with Crippen LogP contribution in [0.25, 0.3) is 0 Å². The molecule has 0 aliphatic heterocycles. The molecule has 0 heterocycles. The van der Waals surface area contributed by atoms with Crippen molar-refractivity contribution in [3.05, 3.63) is 35.9 Å². The predicted molar refractivity (Wildman–Crippen MR) is 86.8 cm³/mol. The minimum absolute atomic E-state index is 0.159. The Hall–Kier alpha value is -2.88. The second-order valence-electron chi connectivity index (χ2n) is 5.39. The quantitative estimate of drug-likeness (QED) is 0.583. The molecule has 0 aromatic heterocycles. The van der Waals surface area contributed by atoms with E-state index in [1.54, 1.807) is 0 Å². The molecule has 3 N–H and O–H groups in total. The Morgan fingerprint density at radius 3 is 2.38 bits per heavy atom. The zero-order valence-electron chi connectivity index (χ0n) is 13.5. The van der Waals surface area contributed by atoms with Gasteiger partial charge < -0.3 is 15.7 Å². The number of benzene rings is 1. The van der Waals surface area contributed by atoms with Gasteiger partial charge in [-0.1, -0.05) is 30.3 Å². The van der Waals surface area contributed by atoms with Crippen molar-refractivity contribution in [3.8, 4) is 6.07 Å². The fourth-order valence-electron chi connectivity index (χ4n) is 2.22. The number of aliphatic carboxylic acids is 1. The first-order valence-electron chi connectivity index (χ1n) is 7.65. The number of unbranched alkanes of at least 4 members (excludes halogenated alkanes) is 1. The minimum atomic E-state index is -1.16. The zero-order chi connectivity index (χ0) is 17.9. The highest BCUT2D eigenvalue weighted by Crippen LogP contribution is 2.06. The maximum Gasteiger partial charge on any atom is 0.326 e. The van der Waals surface area contributed by atoms with Gasteiger partial charge in [-0.15, -0.1) is 0 Å². The first-order chi connectivity index (χ1) is 11.4. The number of amides is 2. The summed E-state index contributed by atoms with van der Waals surface area (Å²) in [6, 6.07) is 9.12. The van der Waals surface area contributed by atoms with Gasteiger partial charge in [0.2, 0.25) is 11.8 Å². The van der Waals surface area contributed by atoms with Crippen LogP contribution in [0.4, 0.5) is 0 Å². The number of carbonyl (C=O) groups is 3. The largest absolute Gasteiger partial charge is 0.480 e. The highest BCUT2D eigenvalue weighted by molar-refractivity contribution is 5.90. The van der Waals surface area contributed by atoms with Gasteiger partial charge in [-0.2, -0.15) is 5.26 Å². The van der Waals surface area contributed by atoms with Gasteiger partial charge in [-0.25, -0.2) is 4.79 Å². The highest BCUT2D eigenvalue weighted by atomic mass is 16.4. The lowest BCUT2D eigenvalue weighted by Crippen LogP contribution is -2.52. The molecule has 0 unspecified atom stereocenters. The molecule has 1 aromatic rings. The molecule has 24 heavy (non-hydrogen) atoms. The Morgan fingerprint density at radius 2 is 1.83 bits per heavy atom. The van der Waals surface area contributed by atoms with E-state index in [2.05, 4.69) is 10.6 Å². The molecule has 7 nitrogen and oxygen atoms in total. The molecule has 0 fully saturated rings. The van der Waals surface area contributed by atoms with Gasteiger partial charge in [0.15, 0.2) is 0 Å². The number of nitriles is 1. The van der Waals surface area contributed by atoms with Gasteiger partial charge in [0.1, 0.15) is 12.1 Å². The topological polar surface area (TPSA) is 119 Å². The molecule has 0 saturated carbocycles. The number of rotatable bonds is 9. The number of nitrogens with zero attached hydrogens (tertiary/aromatic N) is 1. The van der Waals surface area contributed by atoms with Crippen molar-refractivity contribution < 1.29 is 19.5 Å². The molecule has 0 aliphatic carbocycles. The number of nitrogens with one attached hydrogen (secondary N) is 2. The third-order valence-corrected chi connectivity index (χ3v) is 3.37. The number of carboxylic acids is 1. The second kappa shape index (κ2) is 10.0. The van der Waals surface area contributed by atoms with Crippen LogP contribution in [0.5, 0.6) is 0 Å². The maximum absolute atomic E-state index is 12.4. The number of hydrogen-bond acceptors (Lipinski definition) is 4. The monoisotopic (exact) mass is 331 g/mol. The van der Waals surface area contributed by atoms with Gasteiger partial charge in [-0.3, -0.25) is 9.59 Å². The van der Waals surface area contributed by atoms with Gasteiger partial charge in [-0.05, 0) is 18.4 Å². The summed E-state index contributed by atoms with van der Waals surface area (Å²) < 4.78 is 0. The number of carboxylic acid groups (broad SMARTS) is 1. The van der Waals surface area contributed by atoms with Crippen LogP contribution < -0.4 is 10.6 Å². The molecule has 7 heteroatoms. The summed E-state index contributed by atoms with van der Waals surface area (Å²) in [5.74, 6) is -2.09. The van der Waals surface area contributed by atoms with Gasteiger partial charge in [0, 0.05) is 19.8 Å². The van der Waals surface area contributed by atoms with E-state index in [0.29, 0.717) is 6.42 Å². The Labute approximate surface area is 140 Å². The fourth-order valence-corrected chi connectivity index (χ4v) is 2.22. The summed E-state index contributed by atoms with van der Waals surface area (Å²) in [7, 11) is 0. The molecule has 1 rings (SSSR count). The van der Waals surface area contributed by atoms with E-state index < -0.39 is 24.0 Å². The van der Waals surface area contributed by atoms with E-state index >= 15 is 0 Å². The molecule has 2 amide bonds. The standard InChI is InChI=1S/C17H21N3O4/c1-12(21)19-15(11-13-7-3-2-4-8-13)16(22)20-14(17(23)24)9-5-6-10-18/h2-4,7-8,14-15H,5-6,9,11H2,1H3,(H,19,21)(H,20,22)(H,23,24)/t14-,15-/m0/s1. The van der Waals surface area contributed by atoms with E-state index in [1.807, 2.05) is 36.4 Å². The van der Waals surface area contributed by atoms with Crippen molar-refractivity contribution in [1.82, 2.24) is 10.6 Å². The van der Waals surface area contributed by atoms with E-state index in [9.17, 15) is 19.5 Å². The summed E-state index contributed by atoms with van der Waals surface area (Å²) in [6.07, 6.45) is 1.01. The van der Waals surface area contributed by atoms with E-state index in [-0.39, 0.29) is 25.2 Å².